The number of halogens is 2. The van der Waals surface area contributed by atoms with Crippen LogP contribution in [0.2, 0.25) is 35.7 Å². The molecule has 37 heavy (non-hydrogen) atoms. The Kier molecular flexibility index (Phi) is 8.48. The van der Waals surface area contributed by atoms with Crippen LogP contribution in [0, 0.1) is 0 Å². The van der Waals surface area contributed by atoms with Crippen molar-refractivity contribution in [2.45, 2.75) is 45.3 Å². The number of carbonyl (C=O) groups is 2. The fourth-order valence-electron chi connectivity index (χ4n) is 4.52. The van der Waals surface area contributed by atoms with Gasteiger partial charge in [-0.1, -0.05) is 61.0 Å². The lowest BCUT2D eigenvalue weighted by Gasteiger charge is -2.28. The summed E-state index contributed by atoms with van der Waals surface area (Å²) in [5.41, 5.74) is 2.92. The van der Waals surface area contributed by atoms with Crippen LogP contribution in [0.5, 0.6) is 0 Å². The molecule has 1 fully saturated rings. The summed E-state index contributed by atoms with van der Waals surface area (Å²) in [5.74, 6) is -0.627. The van der Waals surface area contributed by atoms with Crippen LogP contribution >= 0.6 is 23.2 Å². The van der Waals surface area contributed by atoms with E-state index in [4.69, 9.17) is 32.7 Å². The minimum atomic E-state index is -1.30. The summed E-state index contributed by atoms with van der Waals surface area (Å²) < 4.78 is 12.9. The molecule has 0 saturated carbocycles. The Hall–Kier alpha value is -2.58. The number of esters is 1. The first kappa shape index (κ1) is 27.5. The summed E-state index contributed by atoms with van der Waals surface area (Å²) in [4.78, 5) is 28.4. The summed E-state index contributed by atoms with van der Waals surface area (Å²) in [7, 11) is 0.0425. The van der Waals surface area contributed by atoms with Gasteiger partial charge in [0.25, 0.3) is 5.91 Å². The minimum Gasteiger partial charge on any atom is -0.464 e. The third-order valence-electron chi connectivity index (χ3n) is 6.45. The minimum absolute atomic E-state index is 0.0920. The molecule has 0 radical (unpaired) electrons. The topological polar surface area (TPSA) is 60.8 Å². The molecule has 4 rings (SSSR count). The number of nitrogens with zero attached hydrogens (tertiary/aromatic N) is 2. The largest absolute Gasteiger partial charge is 0.464 e. The Labute approximate surface area is 228 Å². The summed E-state index contributed by atoms with van der Waals surface area (Å²) in [5, 5.41) is 1.47. The molecule has 1 aliphatic heterocycles. The van der Waals surface area contributed by atoms with E-state index in [0.29, 0.717) is 51.7 Å². The molecule has 2 aromatic carbocycles. The number of amides is 1. The number of fused-ring (bicyclic) bond motifs is 1. The van der Waals surface area contributed by atoms with Crippen molar-refractivity contribution in [3.63, 3.8) is 0 Å². The van der Waals surface area contributed by atoms with Gasteiger partial charge in [0, 0.05) is 48.5 Å². The highest BCUT2D eigenvalue weighted by molar-refractivity contribution is 6.76. The van der Waals surface area contributed by atoms with E-state index in [1.54, 1.807) is 27.7 Å². The number of benzene rings is 2. The number of hydrogen-bond acceptors (Lipinski definition) is 4. The number of anilines is 1. The molecule has 2 heterocycles. The highest BCUT2D eigenvalue weighted by atomic mass is 35.5. The van der Waals surface area contributed by atoms with Gasteiger partial charge in [-0.25, -0.2) is 4.79 Å². The molecule has 0 aliphatic carbocycles. The van der Waals surface area contributed by atoms with E-state index in [9.17, 15) is 9.59 Å². The molecule has 1 amide bonds. The molecule has 3 aromatic rings. The number of carbonyl (C=O) groups excluding carboxylic acids is 2. The van der Waals surface area contributed by atoms with Crippen molar-refractivity contribution >= 4 is 65.8 Å². The molecule has 9 heteroatoms. The van der Waals surface area contributed by atoms with Crippen molar-refractivity contribution in [3.8, 4) is 0 Å². The van der Waals surface area contributed by atoms with Crippen molar-refractivity contribution in [2.24, 2.45) is 0 Å². The number of rotatable bonds is 8. The summed E-state index contributed by atoms with van der Waals surface area (Å²) in [6.45, 7) is 8.19. The molecule has 6 nitrogen and oxygen atoms in total. The average Bonchev–Trinajstić information content (AvgIpc) is 3.15. The third-order valence-corrected chi connectivity index (χ3v) is 8.67. The summed E-state index contributed by atoms with van der Waals surface area (Å²) >= 11 is 13.1. The molecule has 0 spiro atoms. The van der Waals surface area contributed by atoms with Gasteiger partial charge in [-0.15, -0.1) is 0 Å². The Morgan fingerprint density at radius 2 is 1.86 bits per heavy atom. The van der Waals surface area contributed by atoms with E-state index in [0.717, 1.165) is 18.2 Å². The number of aromatic nitrogens is 1. The van der Waals surface area contributed by atoms with Gasteiger partial charge in [0.15, 0.2) is 0 Å². The van der Waals surface area contributed by atoms with E-state index in [2.05, 4.69) is 19.6 Å². The van der Waals surface area contributed by atoms with Gasteiger partial charge in [0.05, 0.1) is 17.6 Å². The van der Waals surface area contributed by atoms with E-state index in [1.807, 2.05) is 30.3 Å². The number of para-hydroxylation sites is 1. The van der Waals surface area contributed by atoms with Crippen LogP contribution < -0.4 is 4.90 Å². The standard InChI is InChI=1S/C28H32Cl2N2O4Si/c1-35-28(34)26-22(15-19-9-8-12-31(27(19)33)21-10-6-5-7-11-21)25-23(30)16-20(29)17-24(25)32(26)18-36-13-14-37(2,3)4/h5-7,10-11,15-17H,8-9,12-14,18H2,1-4H3. The lowest BCUT2D eigenvalue weighted by atomic mass is 9.98. The number of ether oxygens (including phenoxy) is 2. The lowest BCUT2D eigenvalue weighted by Crippen LogP contribution is -2.36. The Morgan fingerprint density at radius 3 is 2.54 bits per heavy atom. The van der Waals surface area contributed by atoms with Gasteiger partial charge in [-0.3, -0.25) is 4.79 Å². The van der Waals surface area contributed by atoms with Crippen LogP contribution in [-0.2, 0) is 21.0 Å². The van der Waals surface area contributed by atoms with Crippen molar-refractivity contribution in [2.75, 3.05) is 25.2 Å². The molecule has 0 N–H and O–H groups in total. The van der Waals surface area contributed by atoms with Gasteiger partial charge < -0.3 is 18.9 Å². The van der Waals surface area contributed by atoms with Gasteiger partial charge in [-0.2, -0.15) is 0 Å². The molecular formula is C28H32Cl2N2O4Si. The quantitative estimate of drug-likeness (QED) is 0.126. The van der Waals surface area contributed by atoms with Crippen molar-refractivity contribution in [1.82, 2.24) is 4.57 Å². The molecule has 1 aromatic heterocycles. The zero-order valence-corrected chi connectivity index (χ0v) is 24.2. The first-order valence-electron chi connectivity index (χ1n) is 12.4. The van der Waals surface area contributed by atoms with E-state index < -0.39 is 14.0 Å². The predicted octanol–water partition coefficient (Wildman–Crippen LogP) is 7.26. The maximum absolute atomic E-state index is 13.5. The van der Waals surface area contributed by atoms with Gasteiger partial charge in [0.1, 0.15) is 12.4 Å². The van der Waals surface area contributed by atoms with E-state index >= 15 is 0 Å². The van der Waals surface area contributed by atoms with Gasteiger partial charge in [0.2, 0.25) is 0 Å². The number of piperidine rings is 1. The predicted molar refractivity (Wildman–Crippen MR) is 153 cm³/mol. The second-order valence-electron chi connectivity index (χ2n) is 10.4. The number of hydrogen-bond donors (Lipinski definition) is 0. The van der Waals surface area contributed by atoms with Crippen LogP contribution in [0.15, 0.2) is 48.0 Å². The first-order chi connectivity index (χ1) is 17.6. The van der Waals surface area contributed by atoms with Crippen molar-refractivity contribution in [3.05, 3.63) is 69.3 Å². The summed E-state index contributed by atoms with van der Waals surface area (Å²) in [6, 6.07) is 14.0. The highest BCUT2D eigenvalue weighted by Gasteiger charge is 2.29. The smallest absolute Gasteiger partial charge is 0.355 e. The molecule has 196 valence electrons. The zero-order chi connectivity index (χ0) is 26.7. The zero-order valence-electron chi connectivity index (χ0n) is 21.6. The fraction of sp³-hybridized carbons (Fsp3) is 0.357. The van der Waals surface area contributed by atoms with E-state index in [1.165, 1.54) is 7.11 Å². The second-order valence-corrected chi connectivity index (χ2v) is 16.8. The maximum Gasteiger partial charge on any atom is 0.355 e. The van der Waals surface area contributed by atoms with Crippen molar-refractivity contribution in [1.29, 1.82) is 0 Å². The van der Waals surface area contributed by atoms with Crippen LogP contribution in [0.3, 0.4) is 0 Å². The highest BCUT2D eigenvalue weighted by Crippen LogP contribution is 2.38. The third kappa shape index (κ3) is 6.12. The SMILES string of the molecule is COC(=O)c1c(C=C2CCCN(c3ccccc3)C2=O)c2c(Cl)cc(Cl)cc2n1COCC[Si](C)(C)C. The van der Waals surface area contributed by atoms with Crippen LogP contribution in [0.1, 0.15) is 28.9 Å². The number of methoxy groups -OCH3 is 1. The monoisotopic (exact) mass is 558 g/mol. The van der Waals surface area contributed by atoms with Gasteiger partial charge >= 0.3 is 5.97 Å². The second kappa shape index (κ2) is 11.4. The van der Waals surface area contributed by atoms with Crippen LogP contribution in [-0.4, -0.2) is 44.8 Å². The Bertz CT molecular complexity index is 1350. The molecule has 0 bridgehead atoms. The Morgan fingerprint density at radius 1 is 1.14 bits per heavy atom. The molecule has 1 saturated heterocycles. The summed E-state index contributed by atoms with van der Waals surface area (Å²) in [6.07, 6.45) is 3.18. The van der Waals surface area contributed by atoms with Crippen molar-refractivity contribution < 1.29 is 19.1 Å². The van der Waals surface area contributed by atoms with Crippen LogP contribution in [0.4, 0.5) is 5.69 Å². The molecule has 0 unspecified atom stereocenters. The lowest BCUT2D eigenvalue weighted by molar-refractivity contribution is -0.115. The van der Waals surface area contributed by atoms with Crippen LogP contribution in [0.25, 0.3) is 17.0 Å². The molecule has 1 aliphatic rings. The first-order valence-corrected chi connectivity index (χ1v) is 16.8. The average molecular weight is 560 g/mol. The van der Waals surface area contributed by atoms with E-state index in [-0.39, 0.29) is 18.3 Å². The normalized spacial score (nSPS) is 15.6. The fourth-order valence-corrected chi connectivity index (χ4v) is 5.86. The molecular weight excluding hydrogens is 527 g/mol. The van der Waals surface area contributed by atoms with Gasteiger partial charge in [-0.05, 0) is 49.2 Å². The Balaban J connectivity index is 1.83. The maximum atomic E-state index is 13.5. The molecule has 0 atom stereocenters.